The van der Waals surface area contributed by atoms with Gasteiger partial charge in [0.25, 0.3) is 11.8 Å². The molecule has 0 spiro atoms. The Bertz CT molecular complexity index is 923. The molecule has 1 unspecified atom stereocenters. The van der Waals surface area contributed by atoms with Gasteiger partial charge in [-0.1, -0.05) is 12.1 Å². The van der Waals surface area contributed by atoms with E-state index in [1.807, 2.05) is 22.6 Å². The molecule has 1 N–H and O–H groups in total. The van der Waals surface area contributed by atoms with E-state index in [0.29, 0.717) is 21.0 Å². The number of para-hydroxylation sites is 2. The van der Waals surface area contributed by atoms with E-state index in [2.05, 4.69) is 5.32 Å². The minimum Gasteiger partial charge on any atom is -0.477 e. The molecule has 28 heavy (non-hydrogen) atoms. The van der Waals surface area contributed by atoms with Gasteiger partial charge in [-0.2, -0.15) is 0 Å². The Labute approximate surface area is 174 Å². The minimum absolute atomic E-state index is 0.0216. The van der Waals surface area contributed by atoms with Crippen LogP contribution in [0.3, 0.4) is 0 Å². The summed E-state index contributed by atoms with van der Waals surface area (Å²) in [7, 11) is 1.49. The molecule has 0 saturated heterocycles. The van der Waals surface area contributed by atoms with Gasteiger partial charge in [0.05, 0.1) is 12.2 Å². The first-order chi connectivity index (χ1) is 13.5. The van der Waals surface area contributed by atoms with E-state index in [1.165, 1.54) is 24.1 Å². The molecule has 3 rings (SSSR count). The first-order valence-corrected chi connectivity index (χ1v) is 9.43. The maximum absolute atomic E-state index is 12.6. The highest BCUT2D eigenvalue weighted by molar-refractivity contribution is 14.1. The van der Waals surface area contributed by atoms with Gasteiger partial charge in [0.1, 0.15) is 11.5 Å². The van der Waals surface area contributed by atoms with E-state index in [4.69, 9.17) is 13.9 Å². The monoisotopic (exact) mass is 496 g/mol. The van der Waals surface area contributed by atoms with Crippen molar-refractivity contribution in [2.45, 2.75) is 6.10 Å². The van der Waals surface area contributed by atoms with Crippen LogP contribution in [0.5, 0.6) is 5.75 Å². The zero-order chi connectivity index (χ0) is 20.1. The average molecular weight is 496 g/mol. The van der Waals surface area contributed by atoms with Crippen LogP contribution in [-0.2, 0) is 19.1 Å². The quantitative estimate of drug-likeness (QED) is 0.387. The summed E-state index contributed by atoms with van der Waals surface area (Å²) in [5.74, 6) is -0.569. The number of hydrogen-bond donors (Lipinski definition) is 1. The third kappa shape index (κ3) is 4.71. The molecule has 0 bridgehead atoms. The van der Waals surface area contributed by atoms with E-state index in [9.17, 15) is 14.4 Å². The van der Waals surface area contributed by atoms with E-state index in [1.54, 1.807) is 36.4 Å². The molecular formula is C19H17IN2O6. The summed E-state index contributed by atoms with van der Waals surface area (Å²) in [6, 6.07) is 10.3. The molecular weight excluding hydrogens is 479 g/mol. The molecule has 1 aromatic heterocycles. The number of halogens is 1. The Balaban J connectivity index is 1.64. The summed E-state index contributed by atoms with van der Waals surface area (Å²) < 4.78 is 16.7. The fourth-order valence-corrected chi connectivity index (χ4v) is 3.03. The van der Waals surface area contributed by atoms with Gasteiger partial charge in [-0.3, -0.25) is 9.59 Å². The van der Waals surface area contributed by atoms with Crippen LogP contribution in [0.15, 0.2) is 46.9 Å². The molecule has 1 aliphatic heterocycles. The van der Waals surface area contributed by atoms with E-state index >= 15 is 0 Å². The third-order valence-electron chi connectivity index (χ3n) is 3.93. The van der Waals surface area contributed by atoms with Gasteiger partial charge in [0.15, 0.2) is 16.5 Å². The molecule has 9 heteroatoms. The van der Waals surface area contributed by atoms with Crippen molar-refractivity contribution in [3.05, 3.63) is 52.0 Å². The minimum atomic E-state index is -0.846. The largest absolute Gasteiger partial charge is 0.477 e. The Morgan fingerprint density at radius 3 is 2.79 bits per heavy atom. The highest BCUT2D eigenvalue weighted by Crippen LogP contribution is 2.33. The Hall–Kier alpha value is -2.82. The number of amides is 2. The highest BCUT2D eigenvalue weighted by atomic mass is 127. The van der Waals surface area contributed by atoms with Crippen molar-refractivity contribution < 1.29 is 28.3 Å². The molecule has 1 atom stereocenters. The lowest BCUT2D eigenvalue weighted by molar-refractivity contribution is -0.143. The molecule has 2 aromatic rings. The summed E-state index contributed by atoms with van der Waals surface area (Å²) in [6.45, 7) is -0.443. The standard InChI is InChI=1S/C19H17IN2O6/c1-21-19(25)15-10-22(13-4-2-3-5-14(13)28-15)17(23)11-26-18(24)9-7-12-6-8-16(20)27-12/h2-9,15H,10-11H2,1H3,(H,21,25)/b9-7+. The fourth-order valence-electron chi connectivity index (χ4n) is 2.60. The van der Waals surface area contributed by atoms with Gasteiger partial charge in [-0.25, -0.2) is 4.79 Å². The zero-order valence-corrected chi connectivity index (χ0v) is 17.0. The van der Waals surface area contributed by atoms with Crippen molar-refractivity contribution in [1.29, 1.82) is 0 Å². The second-order valence-electron chi connectivity index (χ2n) is 5.78. The molecule has 0 fully saturated rings. The van der Waals surface area contributed by atoms with Crippen LogP contribution in [0.2, 0.25) is 0 Å². The number of fused-ring (bicyclic) bond motifs is 1. The van der Waals surface area contributed by atoms with Crippen molar-refractivity contribution in [2.24, 2.45) is 0 Å². The molecule has 0 aliphatic carbocycles. The average Bonchev–Trinajstić information content (AvgIpc) is 3.14. The number of anilines is 1. The van der Waals surface area contributed by atoms with Gasteiger partial charge in [-0.15, -0.1) is 0 Å². The molecule has 1 aliphatic rings. The first-order valence-electron chi connectivity index (χ1n) is 8.35. The number of likely N-dealkylation sites (N-methyl/N-ethyl adjacent to an activating group) is 1. The van der Waals surface area contributed by atoms with Crippen LogP contribution in [0.25, 0.3) is 6.08 Å². The van der Waals surface area contributed by atoms with Gasteiger partial charge in [0, 0.05) is 13.1 Å². The smallest absolute Gasteiger partial charge is 0.331 e. The molecule has 146 valence electrons. The number of carbonyl (C=O) groups is 3. The van der Waals surface area contributed by atoms with Crippen molar-refractivity contribution in [3.63, 3.8) is 0 Å². The number of hydrogen-bond acceptors (Lipinski definition) is 6. The predicted octanol–water partition coefficient (Wildman–Crippen LogP) is 1.98. The number of furan rings is 1. The predicted molar refractivity (Wildman–Crippen MR) is 109 cm³/mol. The van der Waals surface area contributed by atoms with Crippen molar-refractivity contribution in [2.75, 3.05) is 25.1 Å². The van der Waals surface area contributed by atoms with Gasteiger partial charge in [-0.05, 0) is 52.9 Å². The number of nitrogens with one attached hydrogen (secondary N) is 1. The van der Waals surface area contributed by atoms with E-state index < -0.39 is 24.6 Å². The lowest BCUT2D eigenvalue weighted by atomic mass is 10.1. The number of ether oxygens (including phenoxy) is 2. The zero-order valence-electron chi connectivity index (χ0n) is 14.9. The van der Waals surface area contributed by atoms with Crippen LogP contribution in [0, 0.1) is 3.77 Å². The second-order valence-corrected chi connectivity index (χ2v) is 6.84. The topological polar surface area (TPSA) is 98.1 Å². The first kappa shape index (κ1) is 19.9. The normalized spacial score (nSPS) is 15.6. The maximum Gasteiger partial charge on any atom is 0.331 e. The Morgan fingerprint density at radius 2 is 2.07 bits per heavy atom. The van der Waals surface area contributed by atoms with Crippen LogP contribution in [0.4, 0.5) is 5.69 Å². The SMILES string of the molecule is CNC(=O)C1CN(C(=O)COC(=O)/C=C/c2ccc(I)o2)c2ccccc2O1. The number of nitrogens with zero attached hydrogens (tertiary/aromatic N) is 1. The number of esters is 1. The van der Waals surface area contributed by atoms with Crippen LogP contribution >= 0.6 is 22.6 Å². The lowest BCUT2D eigenvalue weighted by Crippen LogP contribution is -2.51. The van der Waals surface area contributed by atoms with Crippen LogP contribution in [0.1, 0.15) is 5.76 Å². The summed E-state index contributed by atoms with van der Waals surface area (Å²) >= 11 is 2.01. The Morgan fingerprint density at radius 1 is 1.29 bits per heavy atom. The Kier molecular flexibility index (Phi) is 6.34. The molecule has 2 amide bonds. The highest BCUT2D eigenvalue weighted by Gasteiger charge is 2.33. The molecule has 8 nitrogen and oxygen atoms in total. The number of carbonyl (C=O) groups excluding carboxylic acids is 3. The maximum atomic E-state index is 12.6. The molecule has 1 aromatic carbocycles. The van der Waals surface area contributed by atoms with Crippen molar-refractivity contribution in [3.8, 4) is 5.75 Å². The third-order valence-corrected chi connectivity index (χ3v) is 4.51. The summed E-state index contributed by atoms with van der Waals surface area (Å²) in [5, 5.41) is 2.50. The molecule has 0 radical (unpaired) electrons. The lowest BCUT2D eigenvalue weighted by Gasteiger charge is -2.33. The molecule has 0 saturated carbocycles. The number of benzene rings is 1. The van der Waals surface area contributed by atoms with Gasteiger partial charge >= 0.3 is 5.97 Å². The second kappa shape index (κ2) is 8.91. The number of rotatable bonds is 5. The van der Waals surface area contributed by atoms with Gasteiger partial charge in [0.2, 0.25) is 0 Å². The van der Waals surface area contributed by atoms with Crippen LogP contribution < -0.4 is 15.0 Å². The van der Waals surface area contributed by atoms with E-state index in [-0.39, 0.29) is 12.5 Å². The van der Waals surface area contributed by atoms with Crippen molar-refractivity contribution in [1.82, 2.24) is 5.32 Å². The van der Waals surface area contributed by atoms with Gasteiger partial charge < -0.3 is 24.1 Å². The summed E-state index contributed by atoms with van der Waals surface area (Å²) in [6.07, 6.45) is 1.80. The fraction of sp³-hybridized carbons (Fsp3) is 0.211. The molecule has 2 heterocycles. The van der Waals surface area contributed by atoms with E-state index in [0.717, 1.165) is 0 Å². The van der Waals surface area contributed by atoms with Crippen molar-refractivity contribution >= 4 is 52.1 Å². The summed E-state index contributed by atoms with van der Waals surface area (Å²) in [5.41, 5.74) is 0.518. The summed E-state index contributed by atoms with van der Waals surface area (Å²) in [4.78, 5) is 37.8. The van der Waals surface area contributed by atoms with Crippen LogP contribution in [-0.4, -0.2) is 44.1 Å².